The number of hydrogen-bond acceptors (Lipinski definition) is 8. The highest BCUT2D eigenvalue weighted by Crippen LogP contribution is 2.48. The Morgan fingerprint density at radius 2 is 1.95 bits per heavy atom. The number of carbonyl (C=O) groups is 2. The maximum atomic E-state index is 13.7. The number of amides is 1. The van der Waals surface area contributed by atoms with Crippen LogP contribution >= 0.6 is 27.3 Å². The van der Waals surface area contributed by atoms with Crippen molar-refractivity contribution in [2.45, 2.75) is 39.3 Å². The van der Waals surface area contributed by atoms with E-state index in [1.807, 2.05) is 32.9 Å². The molecule has 3 aromatic carbocycles. The fourth-order valence-corrected chi connectivity index (χ4v) is 7.07. The summed E-state index contributed by atoms with van der Waals surface area (Å²) in [4.78, 5) is 33.4. The third kappa shape index (κ3) is 4.13. The van der Waals surface area contributed by atoms with Gasteiger partial charge in [-0.15, -0.1) is 0 Å². The number of ketones is 1. The number of Topliss-reactive ketones (excluding diaryl/α,β-unsaturated/α-hetero) is 1. The van der Waals surface area contributed by atoms with Gasteiger partial charge < -0.3 is 19.7 Å². The third-order valence-electron chi connectivity index (χ3n) is 7.22. The SMILES string of the molecule is COc1cc([C@H]2/C(=C(\O)c3ccc4c(c3)C[C@@H](C)O4)C(=O)C(=O)N2c2nc3c(C)cc(C)cc3s2)cc(Br)c1O. The van der Waals surface area contributed by atoms with E-state index in [-0.39, 0.29) is 28.9 Å². The van der Waals surface area contributed by atoms with Gasteiger partial charge in [0, 0.05) is 12.0 Å². The fourth-order valence-electron chi connectivity index (χ4n) is 5.44. The monoisotopic (exact) mass is 620 g/mol. The van der Waals surface area contributed by atoms with Crippen LogP contribution in [0.1, 0.15) is 40.8 Å². The highest BCUT2D eigenvalue weighted by Gasteiger charge is 2.48. The van der Waals surface area contributed by atoms with Crippen LogP contribution in [0.5, 0.6) is 17.2 Å². The molecule has 0 radical (unpaired) electrons. The molecule has 2 N–H and O–H groups in total. The number of halogens is 1. The molecule has 0 bridgehead atoms. The molecule has 0 aliphatic carbocycles. The molecule has 4 aromatic rings. The first-order valence-electron chi connectivity index (χ1n) is 12.6. The lowest BCUT2D eigenvalue weighted by Crippen LogP contribution is -2.29. The van der Waals surface area contributed by atoms with E-state index in [2.05, 4.69) is 15.9 Å². The summed E-state index contributed by atoms with van der Waals surface area (Å²) in [6.45, 7) is 5.90. The minimum Gasteiger partial charge on any atom is -0.507 e. The molecular formula is C30H25BrN2O6S. The molecule has 2 atom stereocenters. The second-order valence-corrected chi connectivity index (χ2v) is 12.0. The van der Waals surface area contributed by atoms with Crippen LogP contribution < -0.4 is 14.4 Å². The summed E-state index contributed by atoms with van der Waals surface area (Å²) in [7, 11) is 1.41. The Morgan fingerprint density at radius 3 is 2.70 bits per heavy atom. The molecule has 0 saturated carbocycles. The van der Waals surface area contributed by atoms with Crippen molar-refractivity contribution in [1.82, 2.24) is 4.98 Å². The summed E-state index contributed by atoms with van der Waals surface area (Å²) in [5.74, 6) is -1.18. The second kappa shape index (κ2) is 9.64. The molecule has 10 heteroatoms. The summed E-state index contributed by atoms with van der Waals surface area (Å²) < 4.78 is 12.3. The second-order valence-electron chi connectivity index (χ2n) is 10.1. The molecule has 2 aliphatic rings. The molecule has 2 aliphatic heterocycles. The first-order valence-corrected chi connectivity index (χ1v) is 14.2. The van der Waals surface area contributed by atoms with E-state index in [1.54, 1.807) is 30.3 Å². The lowest BCUT2D eigenvalue weighted by molar-refractivity contribution is -0.132. The van der Waals surface area contributed by atoms with Gasteiger partial charge in [0.05, 0.1) is 33.4 Å². The normalized spacial score (nSPS) is 19.8. The van der Waals surface area contributed by atoms with Gasteiger partial charge in [-0.25, -0.2) is 4.98 Å². The number of aliphatic hydroxyl groups is 1. The van der Waals surface area contributed by atoms with E-state index in [0.717, 1.165) is 32.7 Å². The average molecular weight is 622 g/mol. The Labute approximate surface area is 242 Å². The standard InChI is InChI=1S/C30H25BrN2O6S/c1-13-7-14(2)24-22(8-13)40-30(32-24)33-25(18-11-19(31)27(35)21(12-18)38-4)23(28(36)29(33)37)26(34)16-5-6-20-17(10-16)9-15(3)39-20/h5-8,10-12,15,25,34-35H,9H2,1-4H3/b26-23+/t15-,25+/m1/s1. The summed E-state index contributed by atoms with van der Waals surface area (Å²) in [6.07, 6.45) is 0.673. The Kier molecular flexibility index (Phi) is 6.35. The molecule has 6 rings (SSSR count). The van der Waals surface area contributed by atoms with E-state index in [4.69, 9.17) is 14.5 Å². The molecule has 1 amide bonds. The lowest BCUT2D eigenvalue weighted by atomic mass is 9.94. The van der Waals surface area contributed by atoms with E-state index in [0.29, 0.717) is 27.2 Å². The van der Waals surface area contributed by atoms with Crippen LogP contribution in [0.4, 0.5) is 5.13 Å². The van der Waals surface area contributed by atoms with E-state index in [1.165, 1.54) is 23.3 Å². The van der Waals surface area contributed by atoms with E-state index in [9.17, 15) is 19.8 Å². The van der Waals surface area contributed by atoms with Crippen LogP contribution in [0.25, 0.3) is 16.0 Å². The number of nitrogens with zero attached hydrogens (tertiary/aromatic N) is 2. The van der Waals surface area contributed by atoms with Crippen molar-refractivity contribution >= 4 is 60.1 Å². The van der Waals surface area contributed by atoms with Crippen LogP contribution in [0.2, 0.25) is 0 Å². The van der Waals surface area contributed by atoms with Gasteiger partial charge in [-0.05, 0) is 95.4 Å². The largest absolute Gasteiger partial charge is 0.507 e. The Balaban J connectivity index is 1.58. The molecule has 1 saturated heterocycles. The van der Waals surface area contributed by atoms with Gasteiger partial charge in [-0.2, -0.15) is 0 Å². The van der Waals surface area contributed by atoms with Crippen LogP contribution in [0.15, 0.2) is 52.5 Å². The molecule has 8 nitrogen and oxygen atoms in total. The predicted octanol–water partition coefficient (Wildman–Crippen LogP) is 6.34. The Hall–Kier alpha value is -3.89. The number of anilines is 1. The van der Waals surface area contributed by atoms with Crippen molar-refractivity contribution in [2.24, 2.45) is 0 Å². The van der Waals surface area contributed by atoms with Gasteiger partial charge in [0.2, 0.25) is 0 Å². The minimum absolute atomic E-state index is 0.00548. The molecule has 0 unspecified atom stereocenters. The number of carbonyl (C=O) groups excluding carboxylic acids is 2. The van der Waals surface area contributed by atoms with Crippen molar-refractivity contribution in [3.05, 3.63) is 80.3 Å². The summed E-state index contributed by atoms with van der Waals surface area (Å²) in [5.41, 5.74) is 4.43. The number of rotatable bonds is 4. The molecule has 0 spiro atoms. The lowest BCUT2D eigenvalue weighted by Gasteiger charge is -2.24. The number of benzene rings is 3. The molecule has 40 heavy (non-hydrogen) atoms. The summed E-state index contributed by atoms with van der Waals surface area (Å²) in [6, 6.07) is 11.4. The van der Waals surface area contributed by atoms with Crippen molar-refractivity contribution in [3.63, 3.8) is 0 Å². The van der Waals surface area contributed by atoms with E-state index < -0.39 is 17.7 Å². The maximum Gasteiger partial charge on any atom is 0.301 e. The molecular weight excluding hydrogens is 596 g/mol. The molecule has 1 aromatic heterocycles. The van der Waals surface area contributed by atoms with Gasteiger partial charge >= 0.3 is 5.91 Å². The van der Waals surface area contributed by atoms with Gasteiger partial charge in [-0.1, -0.05) is 17.4 Å². The van der Waals surface area contributed by atoms with Gasteiger partial charge in [0.25, 0.3) is 5.78 Å². The number of aromatic nitrogens is 1. The Bertz CT molecular complexity index is 1780. The number of fused-ring (bicyclic) bond motifs is 2. The number of ether oxygens (including phenoxy) is 2. The number of thiazole rings is 1. The number of aliphatic hydroxyl groups excluding tert-OH is 1. The van der Waals surface area contributed by atoms with Gasteiger partial charge in [0.1, 0.15) is 17.6 Å². The van der Waals surface area contributed by atoms with Crippen LogP contribution in [0.3, 0.4) is 0 Å². The van der Waals surface area contributed by atoms with E-state index >= 15 is 0 Å². The van der Waals surface area contributed by atoms with Crippen LogP contribution in [-0.4, -0.2) is 40.1 Å². The molecule has 204 valence electrons. The van der Waals surface area contributed by atoms with Gasteiger partial charge in [-0.3, -0.25) is 14.5 Å². The third-order valence-corrected chi connectivity index (χ3v) is 8.83. The number of methoxy groups -OCH3 is 1. The van der Waals surface area contributed by atoms with Crippen LogP contribution in [-0.2, 0) is 16.0 Å². The Morgan fingerprint density at radius 1 is 1.18 bits per heavy atom. The first-order chi connectivity index (χ1) is 19.1. The number of hydrogen-bond donors (Lipinski definition) is 2. The average Bonchev–Trinajstić information content (AvgIpc) is 3.57. The molecule has 1 fully saturated rings. The van der Waals surface area contributed by atoms with Crippen molar-refractivity contribution in [1.29, 1.82) is 0 Å². The predicted molar refractivity (Wildman–Crippen MR) is 156 cm³/mol. The van der Waals surface area contributed by atoms with Crippen molar-refractivity contribution in [2.75, 3.05) is 12.0 Å². The quantitative estimate of drug-likeness (QED) is 0.156. The number of phenols is 1. The van der Waals surface area contributed by atoms with Crippen molar-refractivity contribution < 1.29 is 29.3 Å². The van der Waals surface area contributed by atoms with Crippen LogP contribution in [0, 0.1) is 13.8 Å². The first kappa shape index (κ1) is 26.3. The number of aryl methyl sites for hydroxylation is 2. The van der Waals surface area contributed by atoms with Crippen molar-refractivity contribution in [3.8, 4) is 17.2 Å². The summed E-state index contributed by atoms with van der Waals surface area (Å²) in [5, 5.41) is 22.4. The zero-order chi connectivity index (χ0) is 28.5. The smallest absolute Gasteiger partial charge is 0.301 e. The fraction of sp³-hybridized carbons (Fsp3) is 0.233. The maximum absolute atomic E-state index is 13.7. The number of aromatic hydroxyl groups is 1. The van der Waals surface area contributed by atoms with Gasteiger partial charge in [0.15, 0.2) is 16.6 Å². The highest BCUT2D eigenvalue weighted by molar-refractivity contribution is 9.10. The number of phenolic OH excluding ortho intramolecular Hbond substituents is 1. The zero-order valence-corrected chi connectivity index (χ0v) is 24.5. The summed E-state index contributed by atoms with van der Waals surface area (Å²) >= 11 is 4.65. The zero-order valence-electron chi connectivity index (χ0n) is 22.1. The topological polar surface area (TPSA) is 109 Å². The molecule has 3 heterocycles. The minimum atomic E-state index is -1.03. The highest BCUT2D eigenvalue weighted by atomic mass is 79.9.